The third-order valence-corrected chi connectivity index (χ3v) is 5.01. The molecule has 1 aromatic heterocycles. The minimum absolute atomic E-state index is 0.0780. The van der Waals surface area contributed by atoms with Gasteiger partial charge in [0.05, 0.1) is 19.8 Å². The van der Waals surface area contributed by atoms with Gasteiger partial charge in [-0.25, -0.2) is 4.98 Å². The van der Waals surface area contributed by atoms with Crippen molar-refractivity contribution in [1.82, 2.24) is 9.55 Å². The molecule has 2 aromatic rings. The average Bonchev–Trinajstić information content (AvgIpc) is 3.05. The molecular weight excluding hydrogens is 354 g/mol. The van der Waals surface area contributed by atoms with Gasteiger partial charge in [-0.1, -0.05) is 18.5 Å². The van der Waals surface area contributed by atoms with Gasteiger partial charge >= 0.3 is 0 Å². The third kappa shape index (κ3) is 3.31. The lowest BCUT2D eigenvalue weighted by molar-refractivity contribution is 0.151. The Hall–Kier alpha value is -2.05. The summed E-state index contributed by atoms with van der Waals surface area (Å²) in [5.74, 6) is 1.18. The molecule has 0 bridgehead atoms. The molecule has 0 aliphatic carbocycles. The number of fused-ring (bicyclic) bond motifs is 1. The summed E-state index contributed by atoms with van der Waals surface area (Å²) in [6, 6.07) is 3.91. The number of nitrogens with zero attached hydrogens (tertiary/aromatic N) is 3. The van der Waals surface area contributed by atoms with Gasteiger partial charge in [0.2, 0.25) is 5.82 Å². The number of halogens is 1. The van der Waals surface area contributed by atoms with Gasteiger partial charge in [-0.2, -0.15) is 0 Å². The standard InChI is InChI=1S/C19H24ClN3O3/c1-5-14(11-25-3)23-10-16(20)21-18(19(23)24)22-7-6-13-9-15(26-4)8-12(2)17(13)22/h8-10,14H,5-7,11H2,1-4H3. The number of methoxy groups -OCH3 is 2. The Morgan fingerprint density at radius 1 is 1.35 bits per heavy atom. The number of aromatic nitrogens is 2. The molecule has 6 nitrogen and oxygen atoms in total. The molecule has 1 aliphatic rings. The minimum Gasteiger partial charge on any atom is -0.497 e. The Morgan fingerprint density at radius 3 is 2.77 bits per heavy atom. The topological polar surface area (TPSA) is 56.6 Å². The van der Waals surface area contributed by atoms with Crippen LogP contribution < -0.4 is 15.2 Å². The maximum absolute atomic E-state index is 13.1. The van der Waals surface area contributed by atoms with Crippen LogP contribution in [0.2, 0.25) is 5.15 Å². The molecular formula is C19H24ClN3O3. The molecule has 140 valence electrons. The normalized spacial score (nSPS) is 14.4. The molecule has 0 saturated heterocycles. The molecule has 1 aliphatic heterocycles. The molecule has 0 N–H and O–H groups in total. The second-order valence-corrected chi connectivity index (χ2v) is 6.86. The van der Waals surface area contributed by atoms with E-state index in [2.05, 4.69) is 4.98 Å². The Bertz CT molecular complexity index is 866. The van der Waals surface area contributed by atoms with Crippen LogP contribution in [-0.2, 0) is 11.2 Å². The molecule has 0 spiro atoms. The highest BCUT2D eigenvalue weighted by Gasteiger charge is 2.28. The van der Waals surface area contributed by atoms with E-state index in [-0.39, 0.29) is 11.6 Å². The Morgan fingerprint density at radius 2 is 2.12 bits per heavy atom. The van der Waals surface area contributed by atoms with Gasteiger partial charge in [-0.15, -0.1) is 0 Å². The summed E-state index contributed by atoms with van der Waals surface area (Å²) in [4.78, 5) is 19.5. The first kappa shape index (κ1) is 18.7. The van der Waals surface area contributed by atoms with Crippen LogP contribution in [0, 0.1) is 6.92 Å². The Labute approximate surface area is 158 Å². The zero-order valence-corrected chi connectivity index (χ0v) is 16.3. The van der Waals surface area contributed by atoms with E-state index in [4.69, 9.17) is 21.1 Å². The summed E-state index contributed by atoms with van der Waals surface area (Å²) < 4.78 is 12.3. The molecule has 1 atom stereocenters. The van der Waals surface area contributed by atoms with Crippen LogP contribution in [-0.4, -0.2) is 36.9 Å². The second-order valence-electron chi connectivity index (χ2n) is 6.47. The lowest BCUT2D eigenvalue weighted by atomic mass is 10.1. The van der Waals surface area contributed by atoms with Crippen LogP contribution in [0.3, 0.4) is 0 Å². The van der Waals surface area contributed by atoms with Gasteiger partial charge in [0.25, 0.3) is 5.56 Å². The molecule has 0 radical (unpaired) electrons. The van der Waals surface area contributed by atoms with Crippen molar-refractivity contribution in [2.24, 2.45) is 0 Å². The molecule has 2 heterocycles. The maximum Gasteiger partial charge on any atom is 0.294 e. The number of ether oxygens (including phenoxy) is 2. The Balaban J connectivity index is 2.10. The summed E-state index contributed by atoms with van der Waals surface area (Å²) in [5, 5.41) is 0.300. The summed E-state index contributed by atoms with van der Waals surface area (Å²) in [6.45, 7) is 5.17. The van der Waals surface area contributed by atoms with Crippen molar-refractivity contribution in [1.29, 1.82) is 0 Å². The van der Waals surface area contributed by atoms with Gasteiger partial charge in [-0.3, -0.25) is 4.79 Å². The first-order valence-electron chi connectivity index (χ1n) is 8.72. The number of anilines is 2. The largest absolute Gasteiger partial charge is 0.497 e. The van der Waals surface area contributed by atoms with Crippen molar-refractivity contribution < 1.29 is 9.47 Å². The SMILES string of the molecule is CCC(COC)n1cc(Cl)nc(N2CCc3cc(OC)cc(C)c32)c1=O. The fourth-order valence-corrected chi connectivity index (χ4v) is 3.75. The third-order valence-electron chi connectivity index (χ3n) is 4.83. The second kappa shape index (κ2) is 7.68. The zero-order chi connectivity index (χ0) is 18.8. The van der Waals surface area contributed by atoms with Crippen molar-refractivity contribution in [3.63, 3.8) is 0 Å². The van der Waals surface area contributed by atoms with Gasteiger partial charge < -0.3 is 18.9 Å². The number of rotatable bonds is 6. The predicted molar refractivity (Wildman–Crippen MR) is 103 cm³/mol. The van der Waals surface area contributed by atoms with Gasteiger partial charge in [0.15, 0.2) is 0 Å². The first-order valence-corrected chi connectivity index (χ1v) is 9.10. The molecule has 0 amide bonds. The van der Waals surface area contributed by atoms with Crippen molar-refractivity contribution in [2.75, 3.05) is 32.3 Å². The van der Waals surface area contributed by atoms with Crippen LogP contribution in [0.5, 0.6) is 5.75 Å². The van der Waals surface area contributed by atoms with E-state index in [1.807, 2.05) is 30.9 Å². The van der Waals surface area contributed by atoms with Crippen LogP contribution in [0.4, 0.5) is 11.5 Å². The van der Waals surface area contributed by atoms with E-state index in [1.54, 1.807) is 25.0 Å². The molecule has 1 aromatic carbocycles. The lowest BCUT2D eigenvalue weighted by Gasteiger charge is -2.23. The van der Waals surface area contributed by atoms with E-state index in [0.717, 1.165) is 35.4 Å². The van der Waals surface area contributed by atoms with E-state index in [1.165, 1.54) is 0 Å². The number of hydrogen-bond acceptors (Lipinski definition) is 5. The highest BCUT2D eigenvalue weighted by Crippen LogP contribution is 2.38. The van der Waals surface area contributed by atoms with Crippen molar-refractivity contribution in [3.05, 3.63) is 45.0 Å². The molecule has 7 heteroatoms. The van der Waals surface area contributed by atoms with Crippen molar-refractivity contribution in [2.45, 2.75) is 32.7 Å². The van der Waals surface area contributed by atoms with Crippen molar-refractivity contribution >= 4 is 23.1 Å². The zero-order valence-electron chi connectivity index (χ0n) is 15.6. The quantitative estimate of drug-likeness (QED) is 0.771. The summed E-state index contributed by atoms with van der Waals surface area (Å²) in [5.41, 5.74) is 3.07. The monoisotopic (exact) mass is 377 g/mol. The number of aryl methyl sites for hydroxylation is 1. The van der Waals surface area contributed by atoms with Crippen LogP contribution in [0.1, 0.15) is 30.5 Å². The first-order chi connectivity index (χ1) is 12.5. The highest BCUT2D eigenvalue weighted by atomic mass is 35.5. The van der Waals surface area contributed by atoms with Crippen LogP contribution in [0.25, 0.3) is 0 Å². The van der Waals surface area contributed by atoms with E-state index in [0.29, 0.717) is 24.1 Å². The van der Waals surface area contributed by atoms with Gasteiger partial charge in [0.1, 0.15) is 10.9 Å². The van der Waals surface area contributed by atoms with Crippen LogP contribution >= 0.6 is 11.6 Å². The van der Waals surface area contributed by atoms with E-state index in [9.17, 15) is 4.79 Å². The minimum atomic E-state index is -0.152. The Kier molecular flexibility index (Phi) is 5.53. The van der Waals surface area contributed by atoms with Gasteiger partial charge in [0, 0.05) is 25.5 Å². The van der Waals surface area contributed by atoms with E-state index >= 15 is 0 Å². The number of hydrogen-bond donors (Lipinski definition) is 0. The van der Waals surface area contributed by atoms with E-state index < -0.39 is 0 Å². The molecule has 1 unspecified atom stereocenters. The average molecular weight is 378 g/mol. The molecule has 3 rings (SSSR count). The highest BCUT2D eigenvalue weighted by molar-refractivity contribution is 6.29. The molecule has 0 fully saturated rings. The number of benzene rings is 1. The summed E-state index contributed by atoms with van der Waals surface area (Å²) >= 11 is 6.26. The maximum atomic E-state index is 13.1. The molecule has 0 saturated carbocycles. The molecule has 26 heavy (non-hydrogen) atoms. The smallest absolute Gasteiger partial charge is 0.294 e. The van der Waals surface area contributed by atoms with Crippen molar-refractivity contribution in [3.8, 4) is 5.75 Å². The van der Waals surface area contributed by atoms with Gasteiger partial charge in [-0.05, 0) is 43.0 Å². The fourth-order valence-electron chi connectivity index (χ4n) is 3.57. The summed E-state index contributed by atoms with van der Waals surface area (Å²) in [6.07, 6.45) is 3.19. The predicted octanol–water partition coefficient (Wildman–Crippen LogP) is 3.51. The fraction of sp³-hybridized carbons (Fsp3) is 0.474. The lowest BCUT2D eigenvalue weighted by Crippen LogP contribution is -2.33. The summed E-state index contributed by atoms with van der Waals surface area (Å²) in [7, 11) is 3.29. The van der Waals surface area contributed by atoms with Crippen LogP contribution in [0.15, 0.2) is 23.1 Å².